The van der Waals surface area contributed by atoms with Gasteiger partial charge in [-0.15, -0.1) is 0 Å². The Kier molecular flexibility index (Phi) is 5.99. The Balaban J connectivity index is 3.95. The highest BCUT2D eigenvalue weighted by atomic mass is 16.2. The third-order valence-corrected chi connectivity index (χ3v) is 2.05. The van der Waals surface area contributed by atoms with Gasteiger partial charge in [0.2, 0.25) is 17.7 Å². The molecule has 0 rings (SSSR count). The van der Waals surface area contributed by atoms with Crippen molar-refractivity contribution in [3.8, 4) is 0 Å². The van der Waals surface area contributed by atoms with Gasteiger partial charge in [-0.1, -0.05) is 20.8 Å². The van der Waals surface area contributed by atoms with E-state index in [4.69, 9.17) is 0 Å². The van der Waals surface area contributed by atoms with Crippen molar-refractivity contribution in [3.05, 3.63) is 0 Å². The van der Waals surface area contributed by atoms with Crippen molar-refractivity contribution in [2.24, 2.45) is 5.41 Å². The van der Waals surface area contributed by atoms with Crippen LogP contribution in [0.15, 0.2) is 0 Å². The van der Waals surface area contributed by atoms with Crippen molar-refractivity contribution in [2.45, 2.75) is 47.1 Å². The van der Waals surface area contributed by atoms with Gasteiger partial charge in [-0.25, -0.2) is 0 Å². The van der Waals surface area contributed by atoms with Gasteiger partial charge in [-0.2, -0.15) is 0 Å². The molecule has 0 heterocycles. The fraction of sp³-hybridized carbons (Fsp3) is 0.769. The molecule has 0 aromatic rings. The first-order valence-electron chi connectivity index (χ1n) is 6.28. The maximum atomic E-state index is 11.5. The van der Waals surface area contributed by atoms with Crippen molar-refractivity contribution < 1.29 is 14.4 Å². The van der Waals surface area contributed by atoms with Gasteiger partial charge in [-0.05, 0) is 20.8 Å². The minimum atomic E-state index is -0.538. The van der Waals surface area contributed by atoms with Gasteiger partial charge in [0.05, 0.1) is 13.1 Å². The summed E-state index contributed by atoms with van der Waals surface area (Å²) in [6.07, 6.45) is 0. The Labute approximate surface area is 114 Å². The minimum Gasteiger partial charge on any atom is -0.350 e. The van der Waals surface area contributed by atoms with E-state index in [1.54, 1.807) is 20.8 Å². The zero-order valence-corrected chi connectivity index (χ0v) is 12.6. The summed E-state index contributed by atoms with van der Waals surface area (Å²) in [4.78, 5) is 34.4. The molecule has 0 aromatic heterocycles. The van der Waals surface area contributed by atoms with E-state index in [9.17, 15) is 14.4 Å². The zero-order valence-electron chi connectivity index (χ0n) is 12.6. The molecule has 0 aromatic carbocycles. The standard InChI is InChI=1S/C13H25N3O3/c1-12(2,3)11(19)15-7-9(17)14-8-10(18)16-13(4,5)6/h7-8H2,1-6H3,(H,14,17)(H,15,19)(H,16,18). The molecule has 3 N–H and O–H groups in total. The molecule has 0 saturated heterocycles. The maximum absolute atomic E-state index is 11.5. The van der Waals surface area contributed by atoms with Crippen LogP contribution in [0, 0.1) is 5.41 Å². The largest absolute Gasteiger partial charge is 0.350 e. The Morgan fingerprint density at radius 2 is 1.26 bits per heavy atom. The lowest BCUT2D eigenvalue weighted by molar-refractivity contribution is -0.131. The summed E-state index contributed by atoms with van der Waals surface area (Å²) in [6.45, 7) is 10.6. The highest BCUT2D eigenvalue weighted by Gasteiger charge is 2.21. The van der Waals surface area contributed by atoms with Crippen LogP contribution in [0.2, 0.25) is 0 Å². The lowest BCUT2D eigenvalue weighted by Crippen LogP contribution is -2.48. The molecule has 0 aliphatic rings. The van der Waals surface area contributed by atoms with Crippen LogP contribution in [-0.4, -0.2) is 36.3 Å². The maximum Gasteiger partial charge on any atom is 0.239 e. The van der Waals surface area contributed by atoms with E-state index in [1.807, 2.05) is 20.8 Å². The van der Waals surface area contributed by atoms with Crippen molar-refractivity contribution in [1.29, 1.82) is 0 Å². The number of nitrogens with one attached hydrogen (secondary N) is 3. The Morgan fingerprint density at radius 3 is 1.68 bits per heavy atom. The van der Waals surface area contributed by atoms with Gasteiger partial charge in [0, 0.05) is 11.0 Å². The summed E-state index contributed by atoms with van der Waals surface area (Å²) in [5, 5.41) is 7.68. The average molecular weight is 271 g/mol. The topological polar surface area (TPSA) is 87.3 Å². The van der Waals surface area contributed by atoms with E-state index in [1.165, 1.54) is 0 Å². The quantitative estimate of drug-likeness (QED) is 0.681. The molecule has 6 nitrogen and oxygen atoms in total. The fourth-order valence-corrected chi connectivity index (χ4v) is 1.13. The SMILES string of the molecule is CC(C)(C)NC(=O)CNC(=O)CNC(=O)C(C)(C)C. The van der Waals surface area contributed by atoms with Crippen LogP contribution in [0.3, 0.4) is 0 Å². The molecule has 0 fully saturated rings. The summed E-state index contributed by atoms with van der Waals surface area (Å²) in [7, 11) is 0. The molecular weight excluding hydrogens is 246 g/mol. The minimum absolute atomic E-state index is 0.0957. The molecular formula is C13H25N3O3. The van der Waals surface area contributed by atoms with Crippen molar-refractivity contribution in [1.82, 2.24) is 16.0 Å². The molecule has 0 unspecified atom stereocenters. The number of hydrogen-bond donors (Lipinski definition) is 3. The molecule has 0 bridgehead atoms. The van der Waals surface area contributed by atoms with E-state index in [0.717, 1.165) is 0 Å². The first-order valence-corrected chi connectivity index (χ1v) is 6.28. The van der Waals surface area contributed by atoms with Gasteiger partial charge >= 0.3 is 0 Å². The second-order valence-corrected chi connectivity index (χ2v) is 6.51. The number of hydrogen-bond acceptors (Lipinski definition) is 3. The van der Waals surface area contributed by atoms with Gasteiger partial charge < -0.3 is 16.0 Å². The van der Waals surface area contributed by atoms with Gasteiger partial charge in [0.15, 0.2) is 0 Å². The molecule has 0 aliphatic carbocycles. The van der Waals surface area contributed by atoms with E-state index < -0.39 is 5.41 Å². The van der Waals surface area contributed by atoms with Gasteiger partial charge in [-0.3, -0.25) is 14.4 Å². The van der Waals surface area contributed by atoms with Crippen LogP contribution < -0.4 is 16.0 Å². The molecule has 0 spiro atoms. The highest BCUT2D eigenvalue weighted by molar-refractivity contribution is 5.89. The normalized spacial score (nSPS) is 11.7. The monoisotopic (exact) mass is 271 g/mol. The van der Waals surface area contributed by atoms with Crippen LogP contribution in [0.1, 0.15) is 41.5 Å². The Morgan fingerprint density at radius 1 is 0.789 bits per heavy atom. The van der Waals surface area contributed by atoms with Gasteiger partial charge in [0.25, 0.3) is 0 Å². The second-order valence-electron chi connectivity index (χ2n) is 6.51. The summed E-state index contributed by atoms with van der Waals surface area (Å²) < 4.78 is 0. The van der Waals surface area contributed by atoms with Crippen LogP contribution >= 0.6 is 0 Å². The fourth-order valence-electron chi connectivity index (χ4n) is 1.13. The third kappa shape index (κ3) is 9.04. The summed E-state index contributed by atoms with van der Waals surface area (Å²) >= 11 is 0. The average Bonchev–Trinajstić information content (AvgIpc) is 2.19. The Hall–Kier alpha value is -1.59. The molecule has 6 heteroatoms. The van der Waals surface area contributed by atoms with E-state index >= 15 is 0 Å². The number of rotatable bonds is 4. The molecule has 0 radical (unpaired) electrons. The van der Waals surface area contributed by atoms with Crippen LogP contribution in [0.5, 0.6) is 0 Å². The van der Waals surface area contributed by atoms with Crippen LogP contribution in [0.25, 0.3) is 0 Å². The first-order chi connectivity index (χ1) is 8.42. The number of amides is 3. The first kappa shape index (κ1) is 17.4. The van der Waals surface area contributed by atoms with E-state index in [0.29, 0.717) is 0 Å². The summed E-state index contributed by atoms with van der Waals surface area (Å²) in [5.41, 5.74) is -0.869. The molecule has 0 aliphatic heterocycles. The Bertz CT molecular complexity index is 351. The molecule has 110 valence electrons. The van der Waals surface area contributed by atoms with E-state index in [2.05, 4.69) is 16.0 Å². The third-order valence-electron chi connectivity index (χ3n) is 2.05. The van der Waals surface area contributed by atoms with Crippen LogP contribution in [0.4, 0.5) is 0 Å². The van der Waals surface area contributed by atoms with Gasteiger partial charge in [0.1, 0.15) is 0 Å². The lowest BCUT2D eigenvalue weighted by Gasteiger charge is -2.20. The molecule has 0 saturated carbocycles. The molecule has 3 amide bonds. The summed E-state index contributed by atoms with van der Waals surface area (Å²) in [6, 6.07) is 0. The smallest absolute Gasteiger partial charge is 0.239 e. The van der Waals surface area contributed by atoms with E-state index in [-0.39, 0.29) is 36.3 Å². The van der Waals surface area contributed by atoms with Crippen molar-refractivity contribution in [3.63, 3.8) is 0 Å². The molecule has 0 atom stereocenters. The second kappa shape index (κ2) is 6.54. The predicted octanol–water partition coefficient (Wildman–Crippen LogP) is 0.180. The predicted molar refractivity (Wildman–Crippen MR) is 73.4 cm³/mol. The van der Waals surface area contributed by atoms with Crippen molar-refractivity contribution >= 4 is 17.7 Å². The highest BCUT2D eigenvalue weighted by Crippen LogP contribution is 2.11. The zero-order chi connectivity index (χ0) is 15.3. The van der Waals surface area contributed by atoms with Crippen molar-refractivity contribution in [2.75, 3.05) is 13.1 Å². The number of carbonyl (C=O) groups excluding carboxylic acids is 3. The summed E-state index contributed by atoms with van der Waals surface area (Å²) in [5.74, 6) is -0.855. The van der Waals surface area contributed by atoms with Crippen LogP contribution in [-0.2, 0) is 14.4 Å². The number of carbonyl (C=O) groups is 3. The molecule has 19 heavy (non-hydrogen) atoms. The lowest BCUT2D eigenvalue weighted by atomic mass is 9.96.